The molecule has 0 saturated carbocycles. The summed E-state index contributed by atoms with van der Waals surface area (Å²) >= 11 is 0. The van der Waals surface area contributed by atoms with Crippen molar-refractivity contribution in [2.75, 3.05) is 7.11 Å². The minimum absolute atomic E-state index is 0.292. The van der Waals surface area contributed by atoms with Crippen molar-refractivity contribution in [2.45, 2.75) is 32.9 Å². The minimum Gasteiger partial charge on any atom is -0.496 e. The number of benzene rings is 2. The first-order valence-electron chi connectivity index (χ1n) is 8.71. The molecular weight excluding hydrogens is 344 g/mol. The summed E-state index contributed by atoms with van der Waals surface area (Å²) in [6, 6.07) is 11.6. The molecule has 1 amide bonds. The monoisotopic (exact) mass is 366 g/mol. The first kappa shape index (κ1) is 18.6. The van der Waals surface area contributed by atoms with Crippen LogP contribution >= 0.6 is 0 Å². The van der Waals surface area contributed by atoms with Crippen molar-refractivity contribution in [1.82, 2.24) is 20.3 Å². The SMILES string of the molecule is COc1cc(C)ccc1[C@H](C)NC(=O)C(C)n1nnc2ccccc2c1=O. The van der Waals surface area contributed by atoms with E-state index in [2.05, 4.69) is 15.6 Å². The summed E-state index contributed by atoms with van der Waals surface area (Å²) in [6.45, 7) is 5.47. The van der Waals surface area contributed by atoms with Crippen LogP contribution < -0.4 is 15.6 Å². The molecule has 140 valence electrons. The first-order valence-corrected chi connectivity index (χ1v) is 8.71. The third kappa shape index (κ3) is 3.67. The highest BCUT2D eigenvalue weighted by atomic mass is 16.5. The molecule has 0 fully saturated rings. The van der Waals surface area contributed by atoms with Gasteiger partial charge in [-0.3, -0.25) is 9.59 Å². The van der Waals surface area contributed by atoms with Crippen molar-refractivity contribution < 1.29 is 9.53 Å². The van der Waals surface area contributed by atoms with E-state index in [4.69, 9.17) is 4.74 Å². The van der Waals surface area contributed by atoms with Crippen LogP contribution in [-0.4, -0.2) is 28.0 Å². The van der Waals surface area contributed by atoms with Crippen molar-refractivity contribution in [3.63, 3.8) is 0 Å². The van der Waals surface area contributed by atoms with Crippen LogP contribution in [0.1, 0.15) is 37.1 Å². The molecule has 3 rings (SSSR count). The quantitative estimate of drug-likeness (QED) is 0.750. The molecule has 0 aliphatic rings. The standard InChI is InChI=1S/C20H22N4O3/c1-12-9-10-15(18(11-12)27-4)13(2)21-19(25)14(3)24-20(26)16-7-5-6-8-17(16)22-23-24/h5-11,13-14H,1-4H3,(H,21,25)/t13-,14?/m0/s1. The number of amides is 1. The van der Waals surface area contributed by atoms with Crippen LogP contribution in [0.2, 0.25) is 0 Å². The highest BCUT2D eigenvalue weighted by molar-refractivity contribution is 5.81. The van der Waals surface area contributed by atoms with Crippen molar-refractivity contribution in [3.05, 3.63) is 63.9 Å². The molecule has 2 atom stereocenters. The van der Waals surface area contributed by atoms with E-state index >= 15 is 0 Å². The van der Waals surface area contributed by atoms with Gasteiger partial charge in [0.25, 0.3) is 5.56 Å². The Morgan fingerprint density at radius 3 is 2.67 bits per heavy atom. The zero-order valence-corrected chi connectivity index (χ0v) is 15.8. The Morgan fingerprint density at radius 1 is 1.19 bits per heavy atom. The highest BCUT2D eigenvalue weighted by Gasteiger charge is 2.22. The number of rotatable bonds is 5. The Kier molecular flexibility index (Phi) is 5.21. The molecule has 1 aromatic heterocycles. The van der Waals surface area contributed by atoms with Gasteiger partial charge in [-0.25, -0.2) is 0 Å². The molecule has 2 aromatic carbocycles. The molecule has 0 aliphatic carbocycles. The molecule has 1 unspecified atom stereocenters. The van der Waals surface area contributed by atoms with Crippen LogP contribution in [-0.2, 0) is 4.79 Å². The fraction of sp³-hybridized carbons (Fsp3) is 0.300. The molecule has 7 heteroatoms. The summed E-state index contributed by atoms with van der Waals surface area (Å²) in [4.78, 5) is 25.3. The summed E-state index contributed by atoms with van der Waals surface area (Å²) < 4.78 is 6.52. The highest BCUT2D eigenvalue weighted by Crippen LogP contribution is 2.26. The lowest BCUT2D eigenvalue weighted by molar-refractivity contribution is -0.124. The van der Waals surface area contributed by atoms with E-state index in [0.717, 1.165) is 15.8 Å². The van der Waals surface area contributed by atoms with Gasteiger partial charge in [0.2, 0.25) is 5.91 Å². The Bertz CT molecular complexity index is 1040. The molecule has 0 spiro atoms. The normalized spacial score (nSPS) is 13.2. The molecule has 1 N–H and O–H groups in total. The van der Waals surface area contributed by atoms with Crippen molar-refractivity contribution in [3.8, 4) is 5.75 Å². The maximum atomic E-state index is 12.7. The van der Waals surface area contributed by atoms with Crippen LogP contribution in [0.3, 0.4) is 0 Å². The summed E-state index contributed by atoms with van der Waals surface area (Å²) in [5.74, 6) is 0.384. The molecular formula is C20H22N4O3. The van der Waals surface area contributed by atoms with Gasteiger partial charge in [0, 0.05) is 5.56 Å². The van der Waals surface area contributed by atoms with Crippen LogP contribution in [0.15, 0.2) is 47.3 Å². The zero-order chi connectivity index (χ0) is 19.6. The number of carbonyl (C=O) groups is 1. The number of aryl methyl sites for hydroxylation is 1. The average molecular weight is 366 g/mol. The van der Waals surface area contributed by atoms with Crippen LogP contribution in [0.25, 0.3) is 10.9 Å². The maximum absolute atomic E-state index is 12.7. The first-order chi connectivity index (χ1) is 12.9. The lowest BCUT2D eigenvalue weighted by Gasteiger charge is -2.20. The van der Waals surface area contributed by atoms with Gasteiger partial charge >= 0.3 is 0 Å². The number of carbonyl (C=O) groups excluding carboxylic acids is 1. The Morgan fingerprint density at radius 2 is 1.93 bits per heavy atom. The van der Waals surface area contributed by atoms with Gasteiger partial charge in [-0.2, -0.15) is 4.68 Å². The van der Waals surface area contributed by atoms with Crippen molar-refractivity contribution >= 4 is 16.8 Å². The Hall–Kier alpha value is -3.22. The number of hydrogen-bond acceptors (Lipinski definition) is 5. The number of ether oxygens (including phenoxy) is 1. The van der Waals surface area contributed by atoms with Gasteiger partial charge in [-0.05, 0) is 44.5 Å². The lowest BCUT2D eigenvalue weighted by Crippen LogP contribution is -2.38. The summed E-state index contributed by atoms with van der Waals surface area (Å²) in [5, 5.41) is 11.3. The third-order valence-electron chi connectivity index (χ3n) is 4.55. The molecule has 1 heterocycles. The van der Waals surface area contributed by atoms with Crippen LogP contribution in [0.4, 0.5) is 0 Å². The number of fused-ring (bicyclic) bond motifs is 1. The number of nitrogens with zero attached hydrogens (tertiary/aromatic N) is 3. The van der Waals surface area contributed by atoms with Gasteiger partial charge in [0.05, 0.1) is 18.5 Å². The predicted octanol–water partition coefficient (Wildman–Crippen LogP) is 2.55. The van der Waals surface area contributed by atoms with E-state index in [0.29, 0.717) is 16.7 Å². The molecule has 27 heavy (non-hydrogen) atoms. The summed E-state index contributed by atoms with van der Waals surface area (Å²) in [6.07, 6.45) is 0. The van der Waals surface area contributed by atoms with E-state index in [1.807, 2.05) is 32.0 Å². The predicted molar refractivity (Wildman–Crippen MR) is 103 cm³/mol. The molecule has 0 bridgehead atoms. The van der Waals surface area contributed by atoms with Crippen LogP contribution in [0, 0.1) is 6.92 Å². The fourth-order valence-electron chi connectivity index (χ4n) is 2.95. The largest absolute Gasteiger partial charge is 0.496 e. The fourth-order valence-corrected chi connectivity index (χ4v) is 2.95. The summed E-state index contributed by atoms with van der Waals surface area (Å²) in [5.41, 5.74) is 2.09. The second kappa shape index (κ2) is 7.57. The number of hydrogen-bond donors (Lipinski definition) is 1. The maximum Gasteiger partial charge on any atom is 0.278 e. The molecule has 7 nitrogen and oxygen atoms in total. The Balaban J connectivity index is 1.84. The second-order valence-electron chi connectivity index (χ2n) is 6.51. The number of nitrogens with one attached hydrogen (secondary N) is 1. The van der Waals surface area contributed by atoms with Gasteiger partial charge in [0.15, 0.2) is 0 Å². The molecule has 0 radical (unpaired) electrons. The number of methoxy groups -OCH3 is 1. The van der Waals surface area contributed by atoms with E-state index < -0.39 is 6.04 Å². The van der Waals surface area contributed by atoms with Gasteiger partial charge in [-0.1, -0.05) is 29.5 Å². The second-order valence-corrected chi connectivity index (χ2v) is 6.51. The molecule has 3 aromatic rings. The van der Waals surface area contributed by atoms with E-state index in [9.17, 15) is 9.59 Å². The van der Waals surface area contributed by atoms with Gasteiger partial charge < -0.3 is 10.1 Å². The number of aromatic nitrogens is 3. The van der Waals surface area contributed by atoms with E-state index in [-0.39, 0.29) is 17.5 Å². The zero-order valence-electron chi connectivity index (χ0n) is 15.8. The topological polar surface area (TPSA) is 86.1 Å². The van der Waals surface area contributed by atoms with Crippen molar-refractivity contribution in [2.24, 2.45) is 0 Å². The van der Waals surface area contributed by atoms with Crippen LogP contribution in [0.5, 0.6) is 5.75 Å². The van der Waals surface area contributed by atoms with E-state index in [1.165, 1.54) is 0 Å². The lowest BCUT2D eigenvalue weighted by atomic mass is 10.0. The summed E-state index contributed by atoms with van der Waals surface area (Å²) in [7, 11) is 1.60. The smallest absolute Gasteiger partial charge is 0.278 e. The van der Waals surface area contributed by atoms with E-state index in [1.54, 1.807) is 38.3 Å². The molecule has 0 aliphatic heterocycles. The third-order valence-corrected chi connectivity index (χ3v) is 4.55. The van der Waals surface area contributed by atoms with Crippen molar-refractivity contribution in [1.29, 1.82) is 0 Å². The Labute approximate surface area is 157 Å². The molecule has 0 saturated heterocycles. The minimum atomic E-state index is -0.798. The average Bonchev–Trinajstić information content (AvgIpc) is 2.67. The van der Waals surface area contributed by atoms with Gasteiger partial charge in [-0.15, -0.1) is 5.10 Å². The van der Waals surface area contributed by atoms with Gasteiger partial charge in [0.1, 0.15) is 17.3 Å².